The summed E-state index contributed by atoms with van der Waals surface area (Å²) in [4.78, 5) is 47.6. The van der Waals surface area contributed by atoms with E-state index in [0.29, 0.717) is 37.3 Å². The van der Waals surface area contributed by atoms with Crippen molar-refractivity contribution in [3.05, 3.63) is 94.8 Å². The van der Waals surface area contributed by atoms with Crippen molar-refractivity contribution < 1.29 is 29.0 Å². The fourth-order valence-electron chi connectivity index (χ4n) is 6.07. The molecule has 0 radical (unpaired) electrons. The smallest absolute Gasteiger partial charge is 0.320 e. The van der Waals surface area contributed by atoms with Crippen LogP contribution in [0, 0.1) is 24.6 Å². The van der Waals surface area contributed by atoms with E-state index in [9.17, 15) is 29.0 Å². The van der Waals surface area contributed by atoms with Crippen LogP contribution in [0.25, 0.3) is 0 Å². The molecule has 2 amide bonds. The van der Waals surface area contributed by atoms with E-state index in [0.717, 1.165) is 0 Å². The average Bonchev–Trinajstić information content (AvgIpc) is 2.97. The van der Waals surface area contributed by atoms with Gasteiger partial charge in [0.05, 0.1) is 0 Å². The minimum atomic E-state index is -0.895. The predicted octanol–water partition coefficient (Wildman–Crippen LogP) is 4.31. The first kappa shape index (κ1) is 28.3. The first-order chi connectivity index (χ1) is 19.6. The van der Waals surface area contributed by atoms with Gasteiger partial charge in [0.2, 0.25) is 0 Å². The Morgan fingerprint density at radius 2 is 1.27 bits per heavy atom. The second-order valence-corrected chi connectivity index (χ2v) is 11.0. The minimum Gasteiger partial charge on any atom is -0.508 e. The summed E-state index contributed by atoms with van der Waals surface area (Å²) in [6, 6.07) is 16.3. The molecule has 3 aromatic rings. The zero-order valence-electron chi connectivity index (χ0n) is 23.2. The molecule has 0 unspecified atom stereocenters. The molecule has 2 aliphatic rings. The quantitative estimate of drug-likeness (QED) is 0.452. The number of phenolic OH excluding ortho intramolecular Hbond substituents is 2. The molecule has 41 heavy (non-hydrogen) atoms. The molecule has 214 valence electrons. The molecule has 2 aliphatic heterocycles. The van der Waals surface area contributed by atoms with Crippen LogP contribution in [0.15, 0.2) is 66.7 Å². The number of aromatic hydroxyl groups is 2. The highest BCUT2D eigenvalue weighted by atomic mass is 19.1. The van der Waals surface area contributed by atoms with Crippen molar-refractivity contribution in [2.24, 2.45) is 11.8 Å². The zero-order chi connectivity index (χ0) is 29.3. The van der Waals surface area contributed by atoms with E-state index < -0.39 is 23.6 Å². The van der Waals surface area contributed by atoms with E-state index in [1.165, 1.54) is 30.3 Å². The molecule has 0 saturated carbocycles. The number of likely N-dealkylation sites (N-methyl/N-ethyl adjacent to an activating group) is 1. The number of hydrogen-bond donors (Lipinski definition) is 2. The number of urea groups is 1. The van der Waals surface area contributed by atoms with Gasteiger partial charge in [-0.2, -0.15) is 0 Å². The van der Waals surface area contributed by atoms with Gasteiger partial charge in [-0.25, -0.2) is 9.18 Å². The first-order valence-electron chi connectivity index (χ1n) is 13.8. The fraction of sp³-hybridized carbons (Fsp3) is 0.344. The normalized spacial score (nSPS) is 21.5. The van der Waals surface area contributed by atoms with Gasteiger partial charge >= 0.3 is 6.03 Å². The SMILES string of the molecule is Cc1c(F)cccc1[C@H]1[C@@H](C(=O)c2cccc(O)c2)CN(C(=O)N2CCN(C)CC2)C[C@H]1C(=O)c1cccc(O)c1. The summed E-state index contributed by atoms with van der Waals surface area (Å²) in [5.41, 5.74) is 1.34. The van der Waals surface area contributed by atoms with Gasteiger partial charge < -0.3 is 24.9 Å². The Bertz CT molecular complexity index is 1400. The number of ketones is 2. The summed E-state index contributed by atoms with van der Waals surface area (Å²) in [6.45, 7) is 4.15. The van der Waals surface area contributed by atoms with Crippen LogP contribution in [0.1, 0.15) is 37.8 Å². The lowest BCUT2D eigenvalue weighted by Gasteiger charge is -2.45. The van der Waals surface area contributed by atoms with Crippen LogP contribution in [-0.2, 0) is 0 Å². The number of likely N-dealkylation sites (tertiary alicyclic amines) is 1. The summed E-state index contributed by atoms with van der Waals surface area (Å²) < 4.78 is 14.9. The monoisotopic (exact) mass is 559 g/mol. The van der Waals surface area contributed by atoms with Gasteiger partial charge in [0.1, 0.15) is 17.3 Å². The maximum Gasteiger partial charge on any atom is 0.320 e. The average molecular weight is 560 g/mol. The number of piperidine rings is 1. The largest absolute Gasteiger partial charge is 0.508 e. The fourth-order valence-corrected chi connectivity index (χ4v) is 6.07. The van der Waals surface area contributed by atoms with E-state index in [-0.39, 0.29) is 53.3 Å². The van der Waals surface area contributed by atoms with Gasteiger partial charge in [-0.05, 0) is 55.4 Å². The summed E-state index contributed by atoms with van der Waals surface area (Å²) in [5, 5.41) is 20.2. The number of halogens is 1. The Morgan fingerprint density at radius 1 is 0.756 bits per heavy atom. The summed E-state index contributed by atoms with van der Waals surface area (Å²) in [5.74, 6) is -3.86. The number of nitrogens with zero attached hydrogens (tertiary/aromatic N) is 3. The topological polar surface area (TPSA) is 101 Å². The number of amides is 2. The van der Waals surface area contributed by atoms with Crippen LogP contribution >= 0.6 is 0 Å². The highest BCUT2D eigenvalue weighted by Gasteiger charge is 2.47. The van der Waals surface area contributed by atoms with Crippen LogP contribution in [-0.4, -0.2) is 88.8 Å². The van der Waals surface area contributed by atoms with Crippen LogP contribution in [0.5, 0.6) is 11.5 Å². The van der Waals surface area contributed by atoms with Gasteiger partial charge in [-0.15, -0.1) is 0 Å². The summed E-state index contributed by atoms with van der Waals surface area (Å²) >= 11 is 0. The maximum absolute atomic E-state index is 14.9. The van der Waals surface area contributed by atoms with Crippen molar-refractivity contribution >= 4 is 17.6 Å². The van der Waals surface area contributed by atoms with Gasteiger partial charge in [0.15, 0.2) is 11.6 Å². The predicted molar refractivity (Wildman–Crippen MR) is 152 cm³/mol. The molecule has 2 fully saturated rings. The Labute approximate surface area is 238 Å². The lowest BCUT2D eigenvalue weighted by atomic mass is 9.68. The van der Waals surface area contributed by atoms with Crippen molar-refractivity contribution in [1.82, 2.24) is 14.7 Å². The van der Waals surface area contributed by atoms with Crippen molar-refractivity contribution in [2.75, 3.05) is 46.3 Å². The van der Waals surface area contributed by atoms with E-state index in [1.807, 2.05) is 7.05 Å². The van der Waals surface area contributed by atoms with Gasteiger partial charge in [-0.3, -0.25) is 9.59 Å². The summed E-state index contributed by atoms with van der Waals surface area (Å²) in [6.07, 6.45) is 0. The highest BCUT2D eigenvalue weighted by molar-refractivity contribution is 6.03. The molecule has 0 spiro atoms. The van der Waals surface area contributed by atoms with Gasteiger partial charge in [0, 0.05) is 68.1 Å². The lowest BCUT2D eigenvalue weighted by Crippen LogP contribution is -2.58. The number of carbonyl (C=O) groups is 3. The molecular formula is C32H34FN3O5. The number of hydrogen-bond acceptors (Lipinski definition) is 6. The Morgan fingerprint density at radius 3 is 1.78 bits per heavy atom. The summed E-state index contributed by atoms with van der Waals surface area (Å²) in [7, 11) is 1.99. The Hall–Kier alpha value is -4.24. The zero-order valence-corrected chi connectivity index (χ0v) is 23.2. The molecule has 8 nitrogen and oxygen atoms in total. The molecule has 9 heteroatoms. The van der Waals surface area contributed by atoms with E-state index >= 15 is 0 Å². The third kappa shape index (κ3) is 5.81. The standard InChI is InChI=1S/C32H34FN3O5/c1-20-25(10-5-11-28(20)33)29-26(30(39)21-6-3-8-23(37)16-21)18-36(32(41)35-14-12-34(2)13-15-35)19-27(29)31(40)22-7-4-9-24(38)17-22/h3-11,16-17,26-27,29,37-38H,12-15,18-19H2,1-2H3/t26-,27+,29-. The number of carbonyl (C=O) groups excluding carboxylic acids is 3. The maximum atomic E-state index is 14.9. The van der Waals surface area contributed by atoms with Crippen LogP contribution < -0.4 is 0 Å². The number of phenols is 2. The molecular weight excluding hydrogens is 525 g/mol. The van der Waals surface area contributed by atoms with E-state index in [1.54, 1.807) is 53.1 Å². The van der Waals surface area contributed by atoms with Crippen molar-refractivity contribution in [1.29, 1.82) is 0 Å². The molecule has 5 rings (SSSR count). The molecule has 0 aliphatic carbocycles. The second-order valence-electron chi connectivity index (χ2n) is 11.0. The third-order valence-corrected chi connectivity index (χ3v) is 8.35. The first-order valence-corrected chi connectivity index (χ1v) is 13.8. The minimum absolute atomic E-state index is 0.0318. The second kappa shape index (κ2) is 11.7. The van der Waals surface area contributed by atoms with E-state index in [2.05, 4.69) is 4.90 Å². The lowest BCUT2D eigenvalue weighted by molar-refractivity contribution is 0.0561. The number of Topliss-reactive ketones (excluding diaryl/α,β-unsaturated/α-hetero) is 2. The van der Waals surface area contributed by atoms with Crippen molar-refractivity contribution in [3.63, 3.8) is 0 Å². The molecule has 2 saturated heterocycles. The van der Waals surface area contributed by atoms with E-state index in [4.69, 9.17) is 0 Å². The van der Waals surface area contributed by atoms with Gasteiger partial charge in [0.25, 0.3) is 0 Å². The molecule has 2 heterocycles. The molecule has 2 N–H and O–H groups in total. The Kier molecular flexibility index (Phi) is 8.08. The molecule has 0 bridgehead atoms. The van der Waals surface area contributed by atoms with Crippen LogP contribution in [0.4, 0.5) is 9.18 Å². The van der Waals surface area contributed by atoms with Crippen LogP contribution in [0.2, 0.25) is 0 Å². The number of rotatable bonds is 5. The van der Waals surface area contributed by atoms with Gasteiger partial charge in [-0.1, -0.05) is 36.4 Å². The number of benzene rings is 3. The molecule has 3 atom stereocenters. The van der Waals surface area contributed by atoms with Crippen molar-refractivity contribution in [3.8, 4) is 11.5 Å². The molecule has 0 aromatic heterocycles. The third-order valence-electron chi connectivity index (χ3n) is 8.35. The van der Waals surface area contributed by atoms with Crippen molar-refractivity contribution in [2.45, 2.75) is 12.8 Å². The molecule has 3 aromatic carbocycles. The number of piperazine rings is 1. The Balaban J connectivity index is 1.63. The van der Waals surface area contributed by atoms with Crippen LogP contribution in [0.3, 0.4) is 0 Å². The highest BCUT2D eigenvalue weighted by Crippen LogP contribution is 2.43.